The van der Waals surface area contributed by atoms with Crippen molar-refractivity contribution in [2.75, 3.05) is 19.8 Å². The fourth-order valence-electron chi connectivity index (χ4n) is 1.62. The van der Waals surface area contributed by atoms with Crippen LogP contribution < -0.4 is 5.32 Å². The number of hydrogen-bond donors (Lipinski definition) is 1. The Labute approximate surface area is 98.0 Å². The number of ether oxygens (including phenoxy) is 1. The second-order valence-corrected chi connectivity index (χ2v) is 4.68. The smallest absolute Gasteiger partial charge is 0.0591 e. The van der Waals surface area contributed by atoms with Gasteiger partial charge in [-0.1, -0.05) is 29.8 Å². The molecule has 1 aliphatic rings. The Morgan fingerprint density at radius 3 is 2.69 bits per heavy atom. The average molecular weight is 219 g/mol. The summed E-state index contributed by atoms with van der Waals surface area (Å²) in [5, 5.41) is 3.39. The summed E-state index contributed by atoms with van der Waals surface area (Å²) >= 11 is 0. The van der Waals surface area contributed by atoms with Crippen LogP contribution in [0.3, 0.4) is 0 Å². The molecule has 1 aromatic rings. The van der Waals surface area contributed by atoms with Gasteiger partial charge in [0.25, 0.3) is 0 Å². The molecule has 0 saturated heterocycles. The average Bonchev–Trinajstić information content (AvgIpc) is 3.10. The summed E-state index contributed by atoms with van der Waals surface area (Å²) < 4.78 is 5.55. The number of hydrogen-bond acceptors (Lipinski definition) is 2. The quantitative estimate of drug-likeness (QED) is 0.711. The normalized spacial score (nSPS) is 15.3. The van der Waals surface area contributed by atoms with Gasteiger partial charge in [0.15, 0.2) is 0 Å². The van der Waals surface area contributed by atoms with E-state index in [1.165, 1.54) is 24.0 Å². The minimum Gasteiger partial charge on any atom is -0.380 e. The molecular weight excluding hydrogens is 198 g/mol. The fourth-order valence-corrected chi connectivity index (χ4v) is 1.62. The van der Waals surface area contributed by atoms with Gasteiger partial charge in [0, 0.05) is 19.7 Å². The van der Waals surface area contributed by atoms with Crippen LogP contribution in [0, 0.1) is 12.8 Å². The highest BCUT2D eigenvalue weighted by atomic mass is 16.5. The second-order valence-electron chi connectivity index (χ2n) is 4.68. The topological polar surface area (TPSA) is 21.3 Å². The Hall–Kier alpha value is -0.860. The molecule has 88 valence electrons. The summed E-state index contributed by atoms with van der Waals surface area (Å²) in [6.45, 7) is 5.80. The molecule has 1 aliphatic carbocycles. The Kier molecular flexibility index (Phi) is 4.37. The Balaban J connectivity index is 1.51. The highest BCUT2D eigenvalue weighted by molar-refractivity contribution is 5.20. The Morgan fingerprint density at radius 2 is 2.00 bits per heavy atom. The Morgan fingerprint density at radius 1 is 1.25 bits per heavy atom. The van der Waals surface area contributed by atoms with Gasteiger partial charge >= 0.3 is 0 Å². The van der Waals surface area contributed by atoms with Gasteiger partial charge in [0.1, 0.15) is 0 Å². The standard InChI is InChI=1S/C14H21NO/c1-12-2-4-13(5-3-12)10-15-8-9-16-11-14-6-7-14/h2-5,14-15H,6-11H2,1H3. The molecule has 16 heavy (non-hydrogen) atoms. The summed E-state index contributed by atoms with van der Waals surface area (Å²) in [4.78, 5) is 0. The highest BCUT2D eigenvalue weighted by Gasteiger charge is 2.20. The van der Waals surface area contributed by atoms with E-state index in [9.17, 15) is 0 Å². The SMILES string of the molecule is Cc1ccc(CNCCOCC2CC2)cc1. The molecule has 1 aromatic carbocycles. The van der Waals surface area contributed by atoms with E-state index in [2.05, 4.69) is 36.5 Å². The molecule has 0 aliphatic heterocycles. The molecule has 2 nitrogen and oxygen atoms in total. The molecule has 0 radical (unpaired) electrons. The maximum Gasteiger partial charge on any atom is 0.0591 e. The number of benzene rings is 1. The van der Waals surface area contributed by atoms with Crippen LogP contribution in [0.5, 0.6) is 0 Å². The Bertz CT molecular complexity index is 303. The fraction of sp³-hybridized carbons (Fsp3) is 0.571. The summed E-state index contributed by atoms with van der Waals surface area (Å²) in [5.41, 5.74) is 2.66. The van der Waals surface area contributed by atoms with Crippen molar-refractivity contribution < 1.29 is 4.74 Å². The van der Waals surface area contributed by atoms with Crippen LogP contribution in [0.15, 0.2) is 24.3 Å². The van der Waals surface area contributed by atoms with E-state index >= 15 is 0 Å². The van der Waals surface area contributed by atoms with Crippen LogP contribution in [0.25, 0.3) is 0 Å². The van der Waals surface area contributed by atoms with Crippen LogP contribution in [-0.4, -0.2) is 19.8 Å². The molecule has 0 unspecified atom stereocenters. The molecule has 1 fully saturated rings. The lowest BCUT2D eigenvalue weighted by Crippen LogP contribution is -2.19. The first-order valence-electron chi connectivity index (χ1n) is 6.18. The van der Waals surface area contributed by atoms with Crippen molar-refractivity contribution >= 4 is 0 Å². The summed E-state index contributed by atoms with van der Waals surface area (Å²) in [7, 11) is 0. The van der Waals surface area contributed by atoms with E-state index in [4.69, 9.17) is 4.74 Å². The zero-order valence-electron chi connectivity index (χ0n) is 10.0. The number of rotatable bonds is 7. The van der Waals surface area contributed by atoms with Crippen molar-refractivity contribution in [3.63, 3.8) is 0 Å². The van der Waals surface area contributed by atoms with Gasteiger partial charge in [-0.3, -0.25) is 0 Å². The van der Waals surface area contributed by atoms with E-state index in [-0.39, 0.29) is 0 Å². The van der Waals surface area contributed by atoms with Crippen LogP contribution in [-0.2, 0) is 11.3 Å². The second kappa shape index (κ2) is 6.02. The summed E-state index contributed by atoms with van der Waals surface area (Å²) in [6, 6.07) is 8.65. The minimum absolute atomic E-state index is 0.836. The molecule has 0 spiro atoms. The third-order valence-corrected chi connectivity index (χ3v) is 2.92. The van der Waals surface area contributed by atoms with Crippen molar-refractivity contribution in [2.24, 2.45) is 5.92 Å². The third-order valence-electron chi connectivity index (χ3n) is 2.92. The molecule has 0 heterocycles. The first kappa shape index (κ1) is 11.6. The zero-order valence-corrected chi connectivity index (χ0v) is 10.0. The molecule has 1 saturated carbocycles. The van der Waals surface area contributed by atoms with Crippen molar-refractivity contribution in [3.8, 4) is 0 Å². The number of aryl methyl sites for hydroxylation is 1. The monoisotopic (exact) mass is 219 g/mol. The summed E-state index contributed by atoms with van der Waals surface area (Å²) in [5.74, 6) is 0.872. The highest BCUT2D eigenvalue weighted by Crippen LogP contribution is 2.28. The lowest BCUT2D eigenvalue weighted by Gasteiger charge is -2.06. The van der Waals surface area contributed by atoms with Crippen molar-refractivity contribution in [3.05, 3.63) is 35.4 Å². The molecule has 0 aromatic heterocycles. The van der Waals surface area contributed by atoms with Gasteiger partial charge in [0.05, 0.1) is 6.61 Å². The van der Waals surface area contributed by atoms with Gasteiger partial charge in [-0.2, -0.15) is 0 Å². The van der Waals surface area contributed by atoms with Crippen LogP contribution >= 0.6 is 0 Å². The van der Waals surface area contributed by atoms with Gasteiger partial charge < -0.3 is 10.1 Å². The van der Waals surface area contributed by atoms with Crippen molar-refractivity contribution in [2.45, 2.75) is 26.3 Å². The predicted octanol–water partition coefficient (Wildman–Crippen LogP) is 2.51. The van der Waals surface area contributed by atoms with Gasteiger partial charge in [-0.25, -0.2) is 0 Å². The van der Waals surface area contributed by atoms with E-state index in [0.29, 0.717) is 0 Å². The van der Waals surface area contributed by atoms with E-state index in [1.54, 1.807) is 0 Å². The van der Waals surface area contributed by atoms with Crippen LogP contribution in [0.1, 0.15) is 24.0 Å². The lowest BCUT2D eigenvalue weighted by atomic mass is 10.1. The summed E-state index contributed by atoms with van der Waals surface area (Å²) in [6.07, 6.45) is 2.74. The van der Waals surface area contributed by atoms with Crippen molar-refractivity contribution in [1.29, 1.82) is 0 Å². The molecule has 0 atom stereocenters. The molecular formula is C14H21NO. The third kappa shape index (κ3) is 4.33. The van der Waals surface area contributed by atoms with Crippen molar-refractivity contribution in [1.82, 2.24) is 5.32 Å². The molecule has 1 N–H and O–H groups in total. The molecule has 0 amide bonds. The van der Waals surface area contributed by atoms with Gasteiger partial charge in [-0.05, 0) is 31.2 Å². The predicted molar refractivity (Wildman–Crippen MR) is 66.4 cm³/mol. The van der Waals surface area contributed by atoms with Crippen LogP contribution in [0.2, 0.25) is 0 Å². The minimum atomic E-state index is 0.836. The van der Waals surface area contributed by atoms with Gasteiger partial charge in [-0.15, -0.1) is 0 Å². The zero-order chi connectivity index (χ0) is 11.2. The number of nitrogens with one attached hydrogen (secondary N) is 1. The maximum atomic E-state index is 5.55. The molecule has 0 bridgehead atoms. The molecule has 2 rings (SSSR count). The first-order chi connectivity index (χ1) is 7.84. The lowest BCUT2D eigenvalue weighted by molar-refractivity contribution is 0.126. The van der Waals surface area contributed by atoms with E-state index in [0.717, 1.165) is 32.2 Å². The largest absolute Gasteiger partial charge is 0.380 e. The molecule has 2 heteroatoms. The van der Waals surface area contributed by atoms with Crippen LogP contribution in [0.4, 0.5) is 0 Å². The van der Waals surface area contributed by atoms with Gasteiger partial charge in [0.2, 0.25) is 0 Å². The maximum absolute atomic E-state index is 5.55. The van der Waals surface area contributed by atoms with E-state index in [1.807, 2.05) is 0 Å². The first-order valence-corrected chi connectivity index (χ1v) is 6.18. The van der Waals surface area contributed by atoms with E-state index < -0.39 is 0 Å².